The largest absolute Gasteiger partial charge is 0.294 e. The van der Waals surface area contributed by atoms with E-state index in [1.807, 2.05) is 25.1 Å². The van der Waals surface area contributed by atoms with Gasteiger partial charge in [0.25, 0.3) is 0 Å². The van der Waals surface area contributed by atoms with Crippen molar-refractivity contribution in [2.45, 2.75) is 20.3 Å². The van der Waals surface area contributed by atoms with Crippen LogP contribution in [0.4, 0.5) is 0 Å². The van der Waals surface area contributed by atoms with Crippen molar-refractivity contribution in [1.82, 2.24) is 0 Å². The molecule has 19 heavy (non-hydrogen) atoms. The highest BCUT2D eigenvalue weighted by atomic mass is 35.5. The van der Waals surface area contributed by atoms with Gasteiger partial charge in [0.1, 0.15) is 0 Å². The maximum atomic E-state index is 12.2. The fraction of sp³-hybridized carbons (Fsp3) is 0.188. The lowest BCUT2D eigenvalue weighted by molar-refractivity contribution is 0.0993. The number of benzene rings is 2. The number of rotatable bonds is 3. The van der Waals surface area contributed by atoms with Gasteiger partial charge in [-0.2, -0.15) is 0 Å². The maximum Gasteiger partial charge on any atom is 0.168 e. The summed E-state index contributed by atoms with van der Waals surface area (Å²) in [6, 6.07) is 11.2. The summed E-state index contributed by atoms with van der Waals surface area (Å²) in [6.45, 7) is 4.09. The number of hydrogen-bond donors (Lipinski definition) is 0. The summed E-state index contributed by atoms with van der Waals surface area (Å²) < 4.78 is 0. The highest BCUT2D eigenvalue weighted by molar-refractivity contribution is 6.43. The summed E-state index contributed by atoms with van der Waals surface area (Å²) in [5.41, 5.74) is 3.87. The van der Waals surface area contributed by atoms with Crippen molar-refractivity contribution in [3.8, 4) is 0 Å². The number of Topliss-reactive ketones (excluding diaryl/α,β-unsaturated/α-hetero) is 1. The summed E-state index contributed by atoms with van der Waals surface area (Å²) in [6.07, 6.45) is 0.335. The van der Waals surface area contributed by atoms with E-state index in [-0.39, 0.29) is 5.78 Å². The van der Waals surface area contributed by atoms with Gasteiger partial charge in [0.2, 0.25) is 0 Å². The first kappa shape index (κ1) is 14.1. The molecule has 0 spiro atoms. The van der Waals surface area contributed by atoms with Crippen LogP contribution in [-0.2, 0) is 6.42 Å². The Bertz CT molecular complexity index is 633. The Kier molecular flexibility index (Phi) is 4.28. The third kappa shape index (κ3) is 3.17. The van der Waals surface area contributed by atoms with Crippen LogP contribution in [0.1, 0.15) is 27.0 Å². The van der Waals surface area contributed by atoms with E-state index in [2.05, 4.69) is 6.92 Å². The lowest BCUT2D eigenvalue weighted by Crippen LogP contribution is -2.05. The second-order valence-corrected chi connectivity index (χ2v) is 5.41. The molecule has 98 valence electrons. The van der Waals surface area contributed by atoms with E-state index in [4.69, 9.17) is 23.2 Å². The molecule has 0 heterocycles. The van der Waals surface area contributed by atoms with E-state index in [0.29, 0.717) is 22.0 Å². The van der Waals surface area contributed by atoms with Gasteiger partial charge in [-0.3, -0.25) is 4.79 Å². The van der Waals surface area contributed by atoms with Crippen LogP contribution in [0.15, 0.2) is 36.4 Å². The van der Waals surface area contributed by atoms with Gasteiger partial charge in [0, 0.05) is 12.0 Å². The SMILES string of the molecule is Cc1ccc(CC(=O)c2cccc(Cl)c2Cl)cc1C. The third-order valence-corrected chi connectivity index (χ3v) is 4.01. The first-order chi connectivity index (χ1) is 8.99. The molecule has 0 saturated heterocycles. The van der Waals surface area contributed by atoms with E-state index in [0.717, 1.165) is 5.56 Å². The molecule has 0 unspecified atom stereocenters. The summed E-state index contributed by atoms with van der Waals surface area (Å²) >= 11 is 12.0. The van der Waals surface area contributed by atoms with E-state index in [1.54, 1.807) is 18.2 Å². The first-order valence-corrected chi connectivity index (χ1v) is 6.78. The number of ketones is 1. The fourth-order valence-corrected chi connectivity index (χ4v) is 2.32. The van der Waals surface area contributed by atoms with E-state index < -0.39 is 0 Å². The van der Waals surface area contributed by atoms with Crippen LogP contribution in [0.3, 0.4) is 0 Å². The normalized spacial score (nSPS) is 10.5. The Hall–Kier alpha value is -1.31. The number of hydrogen-bond acceptors (Lipinski definition) is 1. The molecule has 0 radical (unpaired) electrons. The van der Waals surface area contributed by atoms with Crippen molar-refractivity contribution in [2.24, 2.45) is 0 Å². The van der Waals surface area contributed by atoms with Crippen LogP contribution in [0, 0.1) is 13.8 Å². The molecule has 3 heteroatoms. The average Bonchev–Trinajstić information content (AvgIpc) is 2.37. The van der Waals surface area contributed by atoms with E-state index in [1.165, 1.54) is 11.1 Å². The van der Waals surface area contributed by atoms with Crippen LogP contribution in [0.2, 0.25) is 10.0 Å². The smallest absolute Gasteiger partial charge is 0.168 e. The molecule has 2 aromatic carbocycles. The van der Waals surface area contributed by atoms with Crippen LogP contribution in [-0.4, -0.2) is 5.78 Å². The predicted octanol–water partition coefficient (Wildman–Crippen LogP) is 5.04. The minimum Gasteiger partial charge on any atom is -0.294 e. The zero-order valence-electron chi connectivity index (χ0n) is 10.8. The first-order valence-electron chi connectivity index (χ1n) is 6.02. The number of halogens is 2. The Morgan fingerprint density at radius 1 is 1.05 bits per heavy atom. The van der Waals surface area contributed by atoms with Gasteiger partial charge < -0.3 is 0 Å². The molecular formula is C16H14Cl2O. The van der Waals surface area contributed by atoms with Gasteiger partial charge in [0.15, 0.2) is 5.78 Å². The summed E-state index contributed by atoms with van der Waals surface area (Å²) in [5.74, 6) is -0.0178. The van der Waals surface area contributed by atoms with Crippen LogP contribution in [0.25, 0.3) is 0 Å². The maximum absolute atomic E-state index is 12.2. The van der Waals surface area contributed by atoms with Gasteiger partial charge in [-0.05, 0) is 42.7 Å². The molecule has 0 fully saturated rings. The van der Waals surface area contributed by atoms with Crippen molar-refractivity contribution >= 4 is 29.0 Å². The lowest BCUT2D eigenvalue weighted by atomic mass is 9.99. The van der Waals surface area contributed by atoms with Crippen molar-refractivity contribution in [1.29, 1.82) is 0 Å². The minimum atomic E-state index is -0.0178. The molecule has 1 nitrogen and oxygen atoms in total. The molecule has 2 aromatic rings. The van der Waals surface area contributed by atoms with Crippen LogP contribution in [0.5, 0.6) is 0 Å². The quantitative estimate of drug-likeness (QED) is 0.725. The molecule has 0 bridgehead atoms. The van der Waals surface area contributed by atoms with Crippen LogP contribution < -0.4 is 0 Å². The van der Waals surface area contributed by atoms with E-state index in [9.17, 15) is 4.79 Å². The van der Waals surface area contributed by atoms with Gasteiger partial charge in [-0.25, -0.2) is 0 Å². The second kappa shape index (κ2) is 5.77. The van der Waals surface area contributed by atoms with Gasteiger partial charge >= 0.3 is 0 Å². The monoisotopic (exact) mass is 292 g/mol. The summed E-state index contributed by atoms with van der Waals surface area (Å²) in [5, 5.41) is 0.741. The van der Waals surface area contributed by atoms with Crippen molar-refractivity contribution in [2.75, 3.05) is 0 Å². The predicted molar refractivity (Wildman–Crippen MR) is 80.4 cm³/mol. The third-order valence-electron chi connectivity index (χ3n) is 3.19. The Balaban J connectivity index is 2.26. The molecule has 2 rings (SSSR count). The second-order valence-electron chi connectivity index (χ2n) is 4.62. The van der Waals surface area contributed by atoms with Gasteiger partial charge in [-0.1, -0.05) is 47.5 Å². The number of carbonyl (C=O) groups excluding carboxylic acids is 1. The highest BCUT2D eigenvalue weighted by Crippen LogP contribution is 2.26. The van der Waals surface area contributed by atoms with Crippen molar-refractivity contribution < 1.29 is 4.79 Å². The molecule has 0 atom stereocenters. The molecule has 0 saturated carbocycles. The Morgan fingerprint density at radius 2 is 1.79 bits per heavy atom. The fourth-order valence-electron chi connectivity index (χ4n) is 1.91. The molecular weight excluding hydrogens is 279 g/mol. The molecule has 0 aliphatic rings. The average molecular weight is 293 g/mol. The Labute approximate surface area is 123 Å². The van der Waals surface area contributed by atoms with Crippen LogP contribution >= 0.6 is 23.2 Å². The molecule has 0 N–H and O–H groups in total. The van der Waals surface area contributed by atoms with Crippen molar-refractivity contribution in [3.63, 3.8) is 0 Å². The molecule has 0 aromatic heterocycles. The minimum absolute atomic E-state index is 0.0178. The number of aryl methyl sites for hydroxylation is 2. The number of carbonyl (C=O) groups is 1. The lowest BCUT2D eigenvalue weighted by Gasteiger charge is -2.07. The van der Waals surface area contributed by atoms with Crippen molar-refractivity contribution in [3.05, 3.63) is 68.7 Å². The zero-order chi connectivity index (χ0) is 14.0. The zero-order valence-corrected chi connectivity index (χ0v) is 12.3. The molecule has 0 aliphatic carbocycles. The summed E-state index contributed by atoms with van der Waals surface area (Å²) in [7, 11) is 0. The molecule has 0 amide bonds. The van der Waals surface area contributed by atoms with Gasteiger partial charge in [0.05, 0.1) is 10.0 Å². The highest BCUT2D eigenvalue weighted by Gasteiger charge is 2.13. The Morgan fingerprint density at radius 3 is 2.47 bits per heavy atom. The van der Waals surface area contributed by atoms with Gasteiger partial charge in [-0.15, -0.1) is 0 Å². The standard InChI is InChI=1S/C16H14Cl2O/c1-10-6-7-12(8-11(10)2)9-15(19)13-4-3-5-14(17)16(13)18/h3-8H,9H2,1-2H3. The molecule has 0 aliphatic heterocycles. The van der Waals surface area contributed by atoms with E-state index >= 15 is 0 Å². The topological polar surface area (TPSA) is 17.1 Å². The summed E-state index contributed by atoms with van der Waals surface area (Å²) in [4.78, 5) is 12.2.